The Labute approximate surface area is 192 Å². The molecule has 0 unspecified atom stereocenters. The van der Waals surface area contributed by atoms with Crippen LogP contribution in [0.3, 0.4) is 0 Å². The molecule has 0 atom stereocenters. The van der Waals surface area contributed by atoms with E-state index in [4.69, 9.17) is 10.5 Å². The molecule has 1 saturated heterocycles. The Morgan fingerprint density at radius 1 is 1.21 bits per heavy atom. The third-order valence-corrected chi connectivity index (χ3v) is 6.01. The lowest BCUT2D eigenvalue weighted by molar-refractivity contribution is 0.0697. The van der Waals surface area contributed by atoms with Crippen molar-refractivity contribution < 1.29 is 14.3 Å². The van der Waals surface area contributed by atoms with Crippen molar-refractivity contribution in [3.05, 3.63) is 47.7 Å². The normalized spacial score (nSPS) is 14.5. The van der Waals surface area contributed by atoms with Gasteiger partial charge in [-0.25, -0.2) is 9.97 Å². The van der Waals surface area contributed by atoms with Gasteiger partial charge in [-0.1, -0.05) is 13.0 Å². The van der Waals surface area contributed by atoms with Gasteiger partial charge in [0.2, 0.25) is 5.95 Å². The lowest BCUT2D eigenvalue weighted by Crippen LogP contribution is -2.37. The summed E-state index contributed by atoms with van der Waals surface area (Å²) in [4.78, 5) is 36.8. The Morgan fingerprint density at radius 2 is 2.00 bits per heavy atom. The van der Waals surface area contributed by atoms with E-state index in [2.05, 4.69) is 22.2 Å². The van der Waals surface area contributed by atoms with Crippen LogP contribution in [0.1, 0.15) is 46.9 Å². The van der Waals surface area contributed by atoms with Gasteiger partial charge >= 0.3 is 0 Å². The lowest BCUT2D eigenvalue weighted by atomic mass is 9.99. The number of rotatable bonds is 7. The number of nitrogens with one attached hydrogen (secondary N) is 1. The van der Waals surface area contributed by atoms with E-state index in [1.807, 2.05) is 9.47 Å². The summed E-state index contributed by atoms with van der Waals surface area (Å²) in [5.41, 5.74) is 8.44. The Hall–Kier alpha value is -3.46. The van der Waals surface area contributed by atoms with Crippen LogP contribution in [0.2, 0.25) is 0 Å². The standard InChI is InChI=1S/C24H30N6O3/c1-16-7-10-29(11-8-16)23(32)18-14-20-21(26-15-18)30(9-4-12-33-2)24(27-20)28-22(31)17-5-3-6-19(25)13-17/h3,5-6,13-16H,4,7-12,25H2,1-2H3,(H,27,28,31). The highest BCUT2D eigenvalue weighted by atomic mass is 16.5. The van der Waals surface area contributed by atoms with Crippen molar-refractivity contribution >= 4 is 34.6 Å². The van der Waals surface area contributed by atoms with Crippen LogP contribution >= 0.6 is 0 Å². The quantitative estimate of drug-likeness (QED) is 0.422. The first-order valence-corrected chi connectivity index (χ1v) is 11.3. The molecular formula is C24H30N6O3. The zero-order valence-corrected chi connectivity index (χ0v) is 19.1. The molecule has 2 aromatic heterocycles. The highest BCUT2D eigenvalue weighted by Gasteiger charge is 2.23. The number of carbonyl (C=O) groups excluding carboxylic acids is 2. The SMILES string of the molecule is COCCCn1c(NC(=O)c2cccc(N)c2)nc2cc(C(=O)N3CCC(C)CC3)cnc21. The van der Waals surface area contributed by atoms with Gasteiger partial charge in [-0.05, 0) is 49.4 Å². The summed E-state index contributed by atoms with van der Waals surface area (Å²) in [6, 6.07) is 8.51. The predicted octanol–water partition coefficient (Wildman–Crippen LogP) is 3.17. The van der Waals surface area contributed by atoms with Crippen LogP contribution in [0.5, 0.6) is 0 Å². The largest absolute Gasteiger partial charge is 0.399 e. The molecule has 1 aliphatic heterocycles. The Balaban J connectivity index is 1.62. The van der Waals surface area contributed by atoms with E-state index in [9.17, 15) is 9.59 Å². The van der Waals surface area contributed by atoms with Crippen LogP contribution < -0.4 is 11.1 Å². The van der Waals surface area contributed by atoms with Gasteiger partial charge in [-0.15, -0.1) is 0 Å². The number of pyridine rings is 1. The predicted molar refractivity (Wildman–Crippen MR) is 127 cm³/mol. The number of hydrogen-bond acceptors (Lipinski definition) is 6. The number of methoxy groups -OCH3 is 1. The minimum atomic E-state index is -0.315. The van der Waals surface area contributed by atoms with E-state index in [1.165, 1.54) is 0 Å². The first-order valence-electron chi connectivity index (χ1n) is 11.3. The molecule has 3 aromatic rings. The number of fused-ring (bicyclic) bond motifs is 1. The van der Waals surface area contributed by atoms with E-state index in [1.54, 1.807) is 43.6 Å². The summed E-state index contributed by atoms with van der Waals surface area (Å²) >= 11 is 0. The molecule has 1 aliphatic rings. The first kappa shape index (κ1) is 22.7. The van der Waals surface area contributed by atoms with Gasteiger partial charge in [0.25, 0.3) is 11.8 Å². The number of hydrogen-bond donors (Lipinski definition) is 2. The molecule has 3 heterocycles. The number of nitrogens with zero attached hydrogens (tertiary/aromatic N) is 4. The van der Waals surface area contributed by atoms with E-state index in [0.717, 1.165) is 32.4 Å². The second-order valence-corrected chi connectivity index (χ2v) is 8.55. The minimum Gasteiger partial charge on any atom is -0.399 e. The zero-order chi connectivity index (χ0) is 23.4. The number of aromatic nitrogens is 3. The van der Waals surface area contributed by atoms with Gasteiger partial charge in [0.1, 0.15) is 5.52 Å². The Morgan fingerprint density at radius 3 is 2.73 bits per heavy atom. The molecule has 0 saturated carbocycles. The zero-order valence-electron chi connectivity index (χ0n) is 19.1. The van der Waals surface area contributed by atoms with Crippen molar-refractivity contribution in [1.82, 2.24) is 19.4 Å². The van der Waals surface area contributed by atoms with Gasteiger partial charge < -0.3 is 15.4 Å². The Kier molecular flexibility index (Phi) is 6.88. The van der Waals surface area contributed by atoms with Crippen molar-refractivity contribution in [2.24, 2.45) is 5.92 Å². The number of nitrogens with two attached hydrogens (primary N) is 1. The van der Waals surface area contributed by atoms with Crippen LogP contribution in [0.4, 0.5) is 11.6 Å². The van der Waals surface area contributed by atoms with Crippen molar-refractivity contribution in [3.63, 3.8) is 0 Å². The fourth-order valence-corrected chi connectivity index (χ4v) is 4.05. The van der Waals surface area contributed by atoms with E-state index in [0.29, 0.717) is 53.0 Å². The number of likely N-dealkylation sites (tertiary alicyclic amines) is 1. The second kappa shape index (κ2) is 9.99. The van der Waals surface area contributed by atoms with Crippen molar-refractivity contribution in [2.75, 3.05) is 37.9 Å². The molecule has 0 spiro atoms. The number of imidazole rings is 1. The summed E-state index contributed by atoms with van der Waals surface area (Å²) in [5.74, 6) is 0.668. The molecule has 1 fully saturated rings. The van der Waals surface area contributed by atoms with Crippen molar-refractivity contribution in [1.29, 1.82) is 0 Å². The number of piperidine rings is 1. The number of ether oxygens (including phenoxy) is 1. The van der Waals surface area contributed by atoms with Gasteiger partial charge in [0.05, 0.1) is 5.56 Å². The third-order valence-electron chi connectivity index (χ3n) is 6.01. The lowest BCUT2D eigenvalue weighted by Gasteiger charge is -2.30. The average Bonchev–Trinajstić information content (AvgIpc) is 3.15. The number of aryl methyl sites for hydroxylation is 1. The summed E-state index contributed by atoms with van der Waals surface area (Å²) in [6.07, 6.45) is 4.34. The fraction of sp³-hybridized carbons (Fsp3) is 0.417. The number of nitrogen functional groups attached to an aromatic ring is 1. The van der Waals surface area contributed by atoms with Crippen molar-refractivity contribution in [3.8, 4) is 0 Å². The van der Waals surface area contributed by atoms with Gasteiger partial charge in [-0.2, -0.15) is 0 Å². The average molecular weight is 451 g/mol. The molecule has 1 aromatic carbocycles. The summed E-state index contributed by atoms with van der Waals surface area (Å²) < 4.78 is 7.02. The molecule has 0 bridgehead atoms. The molecule has 9 nitrogen and oxygen atoms in total. The fourth-order valence-electron chi connectivity index (χ4n) is 4.05. The van der Waals surface area contributed by atoms with Crippen LogP contribution in [-0.2, 0) is 11.3 Å². The Bertz CT molecular complexity index is 1150. The van der Waals surface area contributed by atoms with E-state index >= 15 is 0 Å². The molecule has 0 radical (unpaired) electrons. The summed E-state index contributed by atoms with van der Waals surface area (Å²) in [7, 11) is 1.64. The van der Waals surface area contributed by atoms with Crippen LogP contribution in [0.15, 0.2) is 36.5 Å². The molecule has 2 amide bonds. The molecule has 3 N–H and O–H groups in total. The summed E-state index contributed by atoms with van der Waals surface area (Å²) in [6.45, 7) is 4.84. The molecule has 33 heavy (non-hydrogen) atoms. The highest BCUT2D eigenvalue weighted by Crippen LogP contribution is 2.23. The highest BCUT2D eigenvalue weighted by molar-refractivity contribution is 6.04. The topological polar surface area (TPSA) is 115 Å². The molecule has 174 valence electrons. The maximum Gasteiger partial charge on any atom is 0.258 e. The number of anilines is 2. The number of benzene rings is 1. The van der Waals surface area contributed by atoms with Gasteiger partial charge in [0.15, 0.2) is 5.65 Å². The van der Waals surface area contributed by atoms with Gasteiger partial charge in [-0.3, -0.25) is 19.5 Å². The molecule has 9 heteroatoms. The first-order chi connectivity index (χ1) is 16.0. The minimum absolute atomic E-state index is 0.0319. The molecule has 4 rings (SSSR count). The van der Waals surface area contributed by atoms with E-state index < -0.39 is 0 Å². The third kappa shape index (κ3) is 5.14. The van der Waals surface area contributed by atoms with E-state index in [-0.39, 0.29) is 11.8 Å². The maximum atomic E-state index is 13.0. The molecular weight excluding hydrogens is 420 g/mol. The second-order valence-electron chi connectivity index (χ2n) is 8.55. The van der Waals surface area contributed by atoms with Crippen LogP contribution in [-0.4, -0.2) is 58.1 Å². The summed E-state index contributed by atoms with van der Waals surface area (Å²) in [5, 5.41) is 2.87. The number of amides is 2. The van der Waals surface area contributed by atoms with Crippen LogP contribution in [0, 0.1) is 5.92 Å². The monoisotopic (exact) mass is 450 g/mol. The number of carbonyl (C=O) groups is 2. The van der Waals surface area contributed by atoms with Gasteiger partial charge in [0, 0.05) is 50.8 Å². The van der Waals surface area contributed by atoms with Crippen molar-refractivity contribution in [2.45, 2.75) is 32.7 Å². The smallest absolute Gasteiger partial charge is 0.258 e. The molecule has 0 aliphatic carbocycles. The maximum absolute atomic E-state index is 13.0. The van der Waals surface area contributed by atoms with Crippen LogP contribution in [0.25, 0.3) is 11.2 Å².